The number of nitrogens with one attached hydrogen (secondary N) is 1. The van der Waals surface area contributed by atoms with E-state index in [0.29, 0.717) is 31.1 Å². The average molecular weight is 472 g/mol. The molecule has 1 saturated heterocycles. The lowest BCUT2D eigenvalue weighted by Gasteiger charge is -2.34. The van der Waals surface area contributed by atoms with Crippen molar-refractivity contribution in [3.05, 3.63) is 54.1 Å². The number of fused-ring (bicyclic) bond motifs is 1. The van der Waals surface area contributed by atoms with Crippen LogP contribution in [0.15, 0.2) is 53.4 Å². The highest BCUT2D eigenvalue weighted by atomic mass is 32.2. The Bertz CT molecular complexity index is 1130. The Kier molecular flexibility index (Phi) is 6.71. The standard InChI is InChI=1S/C24H29N3O5S/c1-17-10-18(2)14-26(13-17)33(30,31)20-8-9-22-21(11-20)27(24(29)16-32-22)15-23(28)25-12-19-6-4-3-5-7-19/h3-9,11,17-18H,10,12-16H2,1-2H3,(H,25,28). The Morgan fingerprint density at radius 2 is 1.79 bits per heavy atom. The summed E-state index contributed by atoms with van der Waals surface area (Å²) in [5.74, 6) is 0.190. The van der Waals surface area contributed by atoms with Gasteiger partial charge in [-0.3, -0.25) is 14.5 Å². The second-order valence-corrected chi connectivity index (χ2v) is 10.9. The normalized spacial score (nSPS) is 21.3. The molecule has 2 aromatic carbocycles. The van der Waals surface area contributed by atoms with E-state index in [-0.39, 0.29) is 35.8 Å². The first-order valence-corrected chi connectivity index (χ1v) is 12.6. The number of piperidine rings is 1. The molecule has 8 nitrogen and oxygen atoms in total. The molecule has 176 valence electrons. The van der Waals surface area contributed by atoms with Crippen molar-refractivity contribution in [1.82, 2.24) is 9.62 Å². The van der Waals surface area contributed by atoms with Gasteiger partial charge in [-0.1, -0.05) is 44.2 Å². The molecule has 0 radical (unpaired) electrons. The molecule has 1 N–H and O–H groups in total. The third-order valence-corrected chi connectivity index (χ3v) is 7.81. The Labute approximate surface area is 194 Å². The van der Waals surface area contributed by atoms with Crippen LogP contribution in [-0.2, 0) is 26.2 Å². The summed E-state index contributed by atoms with van der Waals surface area (Å²) >= 11 is 0. The number of anilines is 1. The van der Waals surface area contributed by atoms with Gasteiger partial charge in [-0.2, -0.15) is 4.31 Å². The number of benzene rings is 2. The second kappa shape index (κ2) is 9.52. The van der Waals surface area contributed by atoms with Crippen molar-refractivity contribution < 1.29 is 22.7 Å². The quantitative estimate of drug-likeness (QED) is 0.698. The molecule has 2 amide bonds. The minimum Gasteiger partial charge on any atom is -0.482 e. The number of hydrogen-bond acceptors (Lipinski definition) is 5. The number of carbonyl (C=O) groups excluding carboxylic acids is 2. The number of ether oxygens (including phenoxy) is 1. The van der Waals surface area contributed by atoms with Gasteiger partial charge in [0.15, 0.2) is 6.61 Å². The first-order chi connectivity index (χ1) is 15.7. The summed E-state index contributed by atoms with van der Waals surface area (Å²) in [6.07, 6.45) is 0.990. The van der Waals surface area contributed by atoms with Crippen molar-refractivity contribution in [3.63, 3.8) is 0 Å². The summed E-state index contributed by atoms with van der Waals surface area (Å²) < 4.78 is 33.7. The third kappa shape index (κ3) is 5.20. The van der Waals surface area contributed by atoms with Crippen LogP contribution in [0.25, 0.3) is 0 Å². The van der Waals surface area contributed by atoms with Gasteiger partial charge in [-0.15, -0.1) is 0 Å². The van der Waals surface area contributed by atoms with Gasteiger partial charge in [0.2, 0.25) is 15.9 Å². The molecule has 2 aromatic rings. The molecule has 2 unspecified atom stereocenters. The van der Waals surface area contributed by atoms with Gasteiger partial charge in [0.25, 0.3) is 5.91 Å². The van der Waals surface area contributed by atoms with Crippen LogP contribution in [0.5, 0.6) is 5.75 Å². The molecule has 2 aliphatic rings. The van der Waals surface area contributed by atoms with Crippen molar-refractivity contribution in [1.29, 1.82) is 0 Å². The second-order valence-electron chi connectivity index (χ2n) is 8.93. The van der Waals surface area contributed by atoms with Crippen LogP contribution in [0.2, 0.25) is 0 Å². The van der Waals surface area contributed by atoms with E-state index in [4.69, 9.17) is 4.74 Å². The Morgan fingerprint density at radius 3 is 2.48 bits per heavy atom. The minimum absolute atomic E-state index is 0.0931. The maximum atomic E-state index is 13.3. The minimum atomic E-state index is -3.74. The summed E-state index contributed by atoms with van der Waals surface area (Å²) in [6.45, 7) is 4.94. The average Bonchev–Trinajstić information content (AvgIpc) is 2.79. The molecule has 9 heteroatoms. The molecule has 2 atom stereocenters. The highest BCUT2D eigenvalue weighted by Crippen LogP contribution is 2.36. The maximum Gasteiger partial charge on any atom is 0.265 e. The third-order valence-electron chi connectivity index (χ3n) is 5.98. The van der Waals surface area contributed by atoms with E-state index in [1.54, 1.807) is 6.07 Å². The van der Waals surface area contributed by atoms with Gasteiger partial charge in [0.1, 0.15) is 12.3 Å². The number of carbonyl (C=O) groups is 2. The molecular formula is C24H29N3O5S. The van der Waals surface area contributed by atoms with Crippen molar-refractivity contribution in [2.24, 2.45) is 11.8 Å². The van der Waals surface area contributed by atoms with Crippen LogP contribution >= 0.6 is 0 Å². The van der Waals surface area contributed by atoms with E-state index in [2.05, 4.69) is 5.32 Å². The maximum absolute atomic E-state index is 13.3. The number of nitrogens with zero attached hydrogens (tertiary/aromatic N) is 2. The van der Waals surface area contributed by atoms with Crippen molar-refractivity contribution in [2.45, 2.75) is 31.7 Å². The van der Waals surface area contributed by atoms with Gasteiger partial charge >= 0.3 is 0 Å². The highest BCUT2D eigenvalue weighted by molar-refractivity contribution is 7.89. The summed E-state index contributed by atoms with van der Waals surface area (Å²) in [5, 5.41) is 2.80. The molecule has 1 fully saturated rings. The zero-order chi connectivity index (χ0) is 23.6. The smallest absolute Gasteiger partial charge is 0.265 e. The van der Waals surface area contributed by atoms with Crippen LogP contribution < -0.4 is 15.0 Å². The van der Waals surface area contributed by atoms with Crippen LogP contribution in [0, 0.1) is 11.8 Å². The van der Waals surface area contributed by atoms with E-state index >= 15 is 0 Å². The fourth-order valence-corrected chi connectivity index (χ4v) is 6.16. The first kappa shape index (κ1) is 23.3. The van der Waals surface area contributed by atoms with E-state index in [1.807, 2.05) is 44.2 Å². The van der Waals surface area contributed by atoms with E-state index in [9.17, 15) is 18.0 Å². The van der Waals surface area contributed by atoms with Gasteiger partial charge in [-0.05, 0) is 42.0 Å². The van der Waals surface area contributed by atoms with Gasteiger partial charge in [0, 0.05) is 19.6 Å². The summed E-state index contributed by atoms with van der Waals surface area (Å²) in [6, 6.07) is 14.0. The molecule has 2 aliphatic heterocycles. The van der Waals surface area contributed by atoms with Crippen molar-refractivity contribution in [3.8, 4) is 5.75 Å². The van der Waals surface area contributed by atoms with Gasteiger partial charge in [0.05, 0.1) is 10.6 Å². The molecule has 0 bridgehead atoms. The molecule has 4 rings (SSSR count). The zero-order valence-electron chi connectivity index (χ0n) is 18.9. The number of amides is 2. The van der Waals surface area contributed by atoms with Crippen LogP contribution in [0.4, 0.5) is 5.69 Å². The molecule has 0 aliphatic carbocycles. The fraction of sp³-hybridized carbons (Fsp3) is 0.417. The van der Waals surface area contributed by atoms with Crippen molar-refractivity contribution >= 4 is 27.5 Å². The van der Waals surface area contributed by atoms with Crippen LogP contribution in [-0.4, -0.2) is 50.8 Å². The van der Waals surface area contributed by atoms with Crippen molar-refractivity contribution in [2.75, 3.05) is 31.1 Å². The Hall–Kier alpha value is -2.91. The summed E-state index contributed by atoms with van der Waals surface area (Å²) in [7, 11) is -3.74. The van der Waals surface area contributed by atoms with Gasteiger partial charge < -0.3 is 10.1 Å². The molecule has 0 aromatic heterocycles. The lowest BCUT2D eigenvalue weighted by atomic mass is 9.94. The van der Waals surface area contributed by atoms with E-state index in [1.165, 1.54) is 21.3 Å². The Morgan fingerprint density at radius 1 is 1.09 bits per heavy atom. The molecule has 33 heavy (non-hydrogen) atoms. The lowest BCUT2D eigenvalue weighted by Crippen LogP contribution is -2.45. The first-order valence-electron chi connectivity index (χ1n) is 11.1. The van der Waals surface area contributed by atoms with Crippen LogP contribution in [0.3, 0.4) is 0 Å². The Balaban J connectivity index is 1.54. The monoisotopic (exact) mass is 471 g/mol. The number of sulfonamides is 1. The largest absolute Gasteiger partial charge is 0.482 e. The lowest BCUT2D eigenvalue weighted by molar-refractivity contribution is -0.125. The molecule has 0 saturated carbocycles. The predicted octanol–water partition coefficient (Wildman–Crippen LogP) is 2.40. The predicted molar refractivity (Wildman–Crippen MR) is 124 cm³/mol. The molecule has 2 heterocycles. The fourth-order valence-electron chi connectivity index (χ4n) is 4.46. The summed E-state index contributed by atoms with van der Waals surface area (Å²) in [4.78, 5) is 26.5. The zero-order valence-corrected chi connectivity index (χ0v) is 19.7. The van der Waals surface area contributed by atoms with Gasteiger partial charge in [-0.25, -0.2) is 8.42 Å². The SMILES string of the molecule is CC1CC(C)CN(S(=O)(=O)c2ccc3c(c2)N(CC(=O)NCc2ccccc2)C(=O)CO3)C1. The van der Waals surface area contributed by atoms with Crippen LogP contribution in [0.1, 0.15) is 25.8 Å². The highest BCUT2D eigenvalue weighted by Gasteiger charge is 2.34. The number of hydrogen-bond donors (Lipinski definition) is 1. The number of rotatable bonds is 6. The van der Waals surface area contributed by atoms with E-state index in [0.717, 1.165) is 12.0 Å². The van der Waals surface area contributed by atoms with E-state index < -0.39 is 15.9 Å². The summed E-state index contributed by atoms with van der Waals surface area (Å²) in [5.41, 5.74) is 1.23. The molecular weight excluding hydrogens is 442 g/mol. The topological polar surface area (TPSA) is 96.0 Å². The molecule has 0 spiro atoms.